The number of benzene rings is 7. The Hall–Kier alpha value is -7.04. The number of hydrogen-bond acceptors (Lipinski definition) is 4. The molecule has 0 bridgehead atoms. The third-order valence-electron chi connectivity index (χ3n) is 13.3. The summed E-state index contributed by atoms with van der Waals surface area (Å²) in [5.41, 5.74) is 16.3. The molecule has 0 saturated carbocycles. The Labute approximate surface area is 384 Å². The molecule has 0 fully saturated rings. The van der Waals surface area contributed by atoms with Crippen LogP contribution in [0.3, 0.4) is 0 Å². The zero-order valence-electron chi connectivity index (χ0n) is 38.3. The second-order valence-corrected chi connectivity index (χ2v) is 19.4. The second-order valence-electron chi connectivity index (χ2n) is 19.4. The summed E-state index contributed by atoms with van der Waals surface area (Å²) in [6.45, 7) is 11.1. The Morgan fingerprint density at radius 1 is 0.415 bits per heavy atom. The topological polar surface area (TPSA) is 51.6 Å². The van der Waals surface area contributed by atoms with E-state index in [2.05, 4.69) is 204 Å². The van der Waals surface area contributed by atoms with Crippen LogP contribution in [0, 0.1) is 0 Å². The molecule has 4 nitrogen and oxygen atoms in total. The van der Waals surface area contributed by atoms with Crippen molar-refractivity contribution in [1.82, 2.24) is 19.9 Å². The molecule has 65 heavy (non-hydrogen) atoms. The molecule has 320 valence electrons. The number of unbranched alkanes of at least 4 members (excludes halogenated alkanes) is 3. The summed E-state index contributed by atoms with van der Waals surface area (Å²) in [7, 11) is 0. The SMILES string of the molecule is CC(C)(C)c1nc(-c2ccc(-c3ccc4c(c3)C(C)(C)c3cc(-c5ccc6ccccc6c5)ccc3-4)nc2)nc(-c2cccc(-c3cccc(CCCCCCc4ccccc4)c3)c2)n1. The molecule has 0 spiro atoms. The summed E-state index contributed by atoms with van der Waals surface area (Å²) in [6.07, 6.45) is 9.12. The van der Waals surface area contributed by atoms with E-state index in [-0.39, 0.29) is 10.8 Å². The van der Waals surface area contributed by atoms with Crippen LogP contribution < -0.4 is 0 Å². The molecule has 4 heteroatoms. The van der Waals surface area contributed by atoms with Gasteiger partial charge in [0.1, 0.15) is 5.82 Å². The fraction of sp³-hybridized carbons (Fsp3) is 0.213. The summed E-state index contributed by atoms with van der Waals surface area (Å²) >= 11 is 0. The number of aryl methyl sites for hydroxylation is 2. The maximum atomic E-state index is 5.10. The smallest absolute Gasteiger partial charge is 0.165 e. The Kier molecular flexibility index (Phi) is 11.3. The van der Waals surface area contributed by atoms with Gasteiger partial charge in [-0.1, -0.05) is 181 Å². The maximum absolute atomic E-state index is 5.10. The molecular weight excluding hydrogens is 789 g/mol. The molecule has 0 aliphatic heterocycles. The molecule has 2 aromatic heterocycles. The fourth-order valence-electron chi connectivity index (χ4n) is 9.51. The maximum Gasteiger partial charge on any atom is 0.165 e. The number of fused-ring (bicyclic) bond motifs is 4. The lowest BCUT2D eigenvalue weighted by Crippen LogP contribution is -2.18. The molecule has 0 atom stereocenters. The first-order chi connectivity index (χ1) is 31.6. The van der Waals surface area contributed by atoms with E-state index in [0.29, 0.717) is 11.6 Å². The molecule has 9 aromatic rings. The van der Waals surface area contributed by atoms with E-state index in [0.717, 1.165) is 46.6 Å². The van der Waals surface area contributed by atoms with E-state index in [1.54, 1.807) is 0 Å². The third kappa shape index (κ3) is 8.78. The largest absolute Gasteiger partial charge is 0.255 e. The predicted molar refractivity (Wildman–Crippen MR) is 271 cm³/mol. The first-order valence-electron chi connectivity index (χ1n) is 23.3. The Morgan fingerprint density at radius 2 is 0.969 bits per heavy atom. The van der Waals surface area contributed by atoms with E-state index < -0.39 is 0 Å². The highest BCUT2D eigenvalue weighted by molar-refractivity contribution is 5.90. The standard InChI is InChI=1S/C61H56N4/c1-60(2,3)59-64-57(50-26-16-25-46(37-50)44-24-15-21-42(35-44)20-10-7-6-9-17-41-18-11-8-12-19-41)63-58(65-59)51-31-34-56(62-40-51)49-30-33-53-52-32-29-48(38-54(52)61(4,5)55(53)39-49)47-28-27-43-22-13-14-23-45(43)36-47/h8,11-16,18-19,21-40H,6-7,9-10,17,20H2,1-5H3. The number of rotatable bonds is 12. The van der Waals surface area contributed by atoms with Crippen molar-refractivity contribution in [2.45, 2.75) is 84.0 Å². The molecule has 0 N–H and O–H groups in total. The monoisotopic (exact) mass is 844 g/mol. The molecule has 7 aromatic carbocycles. The fourth-order valence-corrected chi connectivity index (χ4v) is 9.51. The number of nitrogens with zero attached hydrogens (tertiary/aromatic N) is 4. The van der Waals surface area contributed by atoms with E-state index in [9.17, 15) is 0 Å². The van der Waals surface area contributed by atoms with Crippen LogP contribution in [0.25, 0.3) is 78.2 Å². The quantitative estimate of drug-likeness (QED) is 0.115. The minimum Gasteiger partial charge on any atom is -0.255 e. The summed E-state index contributed by atoms with van der Waals surface area (Å²) in [6, 6.07) is 61.8. The van der Waals surface area contributed by atoms with Gasteiger partial charge in [0.2, 0.25) is 0 Å². The van der Waals surface area contributed by atoms with Crippen LogP contribution in [-0.2, 0) is 23.7 Å². The van der Waals surface area contributed by atoms with Crippen LogP contribution in [0.15, 0.2) is 176 Å². The minimum absolute atomic E-state index is 0.166. The van der Waals surface area contributed by atoms with Crippen molar-refractivity contribution in [3.05, 3.63) is 204 Å². The molecule has 0 amide bonds. The van der Waals surface area contributed by atoms with Gasteiger partial charge in [-0.15, -0.1) is 0 Å². The molecular formula is C61H56N4. The predicted octanol–water partition coefficient (Wildman–Crippen LogP) is 15.7. The lowest BCUT2D eigenvalue weighted by molar-refractivity contribution is 0.543. The van der Waals surface area contributed by atoms with Crippen molar-refractivity contribution in [3.63, 3.8) is 0 Å². The van der Waals surface area contributed by atoms with E-state index in [1.807, 2.05) is 6.20 Å². The molecule has 0 unspecified atom stereocenters. The van der Waals surface area contributed by atoms with E-state index >= 15 is 0 Å². The van der Waals surface area contributed by atoms with E-state index in [1.165, 1.54) is 86.5 Å². The van der Waals surface area contributed by atoms with E-state index in [4.69, 9.17) is 19.9 Å². The lowest BCUT2D eigenvalue weighted by atomic mass is 9.81. The van der Waals surface area contributed by atoms with Crippen LogP contribution in [0.2, 0.25) is 0 Å². The Bertz CT molecular complexity index is 3160. The first-order valence-corrected chi connectivity index (χ1v) is 23.3. The number of hydrogen-bond donors (Lipinski definition) is 0. The number of pyridine rings is 1. The van der Waals surface area contributed by atoms with Crippen molar-refractivity contribution in [2.75, 3.05) is 0 Å². The van der Waals surface area contributed by atoms with Crippen molar-refractivity contribution < 1.29 is 0 Å². The van der Waals surface area contributed by atoms with Gasteiger partial charge in [0.05, 0.1) is 5.69 Å². The highest BCUT2D eigenvalue weighted by Crippen LogP contribution is 2.50. The summed E-state index contributed by atoms with van der Waals surface area (Å²) in [4.78, 5) is 20.2. The van der Waals surface area contributed by atoms with Gasteiger partial charge in [-0.3, -0.25) is 4.98 Å². The summed E-state index contributed by atoms with van der Waals surface area (Å²) in [5.74, 6) is 2.05. The molecule has 2 heterocycles. The van der Waals surface area contributed by atoms with Gasteiger partial charge in [-0.25, -0.2) is 15.0 Å². The van der Waals surface area contributed by atoms with Crippen LogP contribution in [0.4, 0.5) is 0 Å². The van der Waals surface area contributed by atoms with Crippen LogP contribution >= 0.6 is 0 Å². The first kappa shape index (κ1) is 41.9. The zero-order valence-corrected chi connectivity index (χ0v) is 38.3. The van der Waals surface area contributed by atoms with Gasteiger partial charge >= 0.3 is 0 Å². The molecule has 0 saturated heterocycles. The van der Waals surface area contributed by atoms with Gasteiger partial charge in [-0.05, 0) is 128 Å². The van der Waals surface area contributed by atoms with Gasteiger partial charge < -0.3 is 0 Å². The Balaban J connectivity index is 0.869. The normalized spacial score (nSPS) is 12.9. The highest BCUT2D eigenvalue weighted by Gasteiger charge is 2.36. The van der Waals surface area contributed by atoms with Crippen molar-refractivity contribution in [3.8, 4) is 67.4 Å². The van der Waals surface area contributed by atoms with Crippen LogP contribution in [-0.4, -0.2) is 19.9 Å². The average molecular weight is 845 g/mol. The highest BCUT2D eigenvalue weighted by atomic mass is 15.0. The molecule has 1 aliphatic carbocycles. The lowest BCUT2D eigenvalue weighted by Gasteiger charge is -2.22. The van der Waals surface area contributed by atoms with Crippen LogP contribution in [0.5, 0.6) is 0 Å². The summed E-state index contributed by atoms with van der Waals surface area (Å²) < 4.78 is 0. The Morgan fingerprint density at radius 3 is 1.69 bits per heavy atom. The van der Waals surface area contributed by atoms with Gasteiger partial charge in [-0.2, -0.15) is 0 Å². The van der Waals surface area contributed by atoms with Gasteiger partial charge in [0, 0.05) is 33.7 Å². The second kappa shape index (κ2) is 17.5. The average Bonchev–Trinajstić information content (AvgIpc) is 3.57. The van der Waals surface area contributed by atoms with Crippen molar-refractivity contribution >= 4 is 10.8 Å². The van der Waals surface area contributed by atoms with Crippen molar-refractivity contribution in [1.29, 1.82) is 0 Å². The summed E-state index contributed by atoms with van der Waals surface area (Å²) in [5, 5.41) is 2.52. The minimum atomic E-state index is -0.279. The molecule has 1 aliphatic rings. The molecule has 0 radical (unpaired) electrons. The van der Waals surface area contributed by atoms with Crippen LogP contribution in [0.1, 0.15) is 88.4 Å². The molecule has 10 rings (SSSR count). The third-order valence-corrected chi connectivity index (χ3v) is 13.3. The van der Waals surface area contributed by atoms with Crippen molar-refractivity contribution in [2.24, 2.45) is 0 Å². The van der Waals surface area contributed by atoms with Gasteiger partial charge in [0.25, 0.3) is 0 Å². The number of aromatic nitrogens is 4. The van der Waals surface area contributed by atoms with Gasteiger partial charge in [0.15, 0.2) is 11.6 Å². The zero-order chi connectivity index (χ0) is 44.5.